The molecule has 1 heterocycles. The third kappa shape index (κ3) is 2.72. The second-order valence-electron chi connectivity index (χ2n) is 5.82. The highest BCUT2D eigenvalue weighted by atomic mass is 35.5. The number of hydrogen-bond donors (Lipinski definition) is 1. The van der Waals surface area contributed by atoms with Crippen molar-refractivity contribution in [3.8, 4) is 5.75 Å². The Labute approximate surface area is 118 Å². The molecule has 0 bridgehead atoms. The number of hydrogen-bond acceptors (Lipinski definition) is 2. The van der Waals surface area contributed by atoms with Crippen LogP contribution in [-0.2, 0) is 12.8 Å². The van der Waals surface area contributed by atoms with E-state index in [4.69, 9.17) is 22.1 Å². The standard InChI is InChI=1S/C15H19ClFNO/c16-12-7-10-3-6-19-14(10)11(8-12)9-15(17)4-1-13(18)2-5-15/h7-8,13H,1-6,9,18H2. The predicted molar refractivity (Wildman–Crippen MR) is 74.6 cm³/mol. The molecule has 104 valence electrons. The van der Waals surface area contributed by atoms with Crippen LogP contribution in [0.3, 0.4) is 0 Å². The smallest absolute Gasteiger partial charge is 0.126 e. The van der Waals surface area contributed by atoms with Crippen molar-refractivity contribution in [3.63, 3.8) is 0 Å². The lowest BCUT2D eigenvalue weighted by atomic mass is 9.80. The van der Waals surface area contributed by atoms with Crippen LogP contribution in [-0.4, -0.2) is 18.3 Å². The summed E-state index contributed by atoms with van der Waals surface area (Å²) in [5, 5.41) is 0.676. The fourth-order valence-corrected chi connectivity index (χ4v) is 3.42. The predicted octanol–water partition coefficient (Wildman–Crippen LogP) is 3.43. The van der Waals surface area contributed by atoms with Crippen LogP contribution >= 0.6 is 11.6 Å². The van der Waals surface area contributed by atoms with Gasteiger partial charge in [0, 0.05) is 23.9 Å². The van der Waals surface area contributed by atoms with E-state index in [-0.39, 0.29) is 6.04 Å². The van der Waals surface area contributed by atoms with Crippen molar-refractivity contribution >= 4 is 11.6 Å². The third-order valence-electron chi connectivity index (χ3n) is 4.26. The Kier molecular flexibility index (Phi) is 3.44. The van der Waals surface area contributed by atoms with E-state index in [1.165, 1.54) is 0 Å². The molecule has 0 aromatic heterocycles. The number of alkyl halides is 1. The minimum Gasteiger partial charge on any atom is -0.493 e. The maximum absolute atomic E-state index is 14.9. The zero-order valence-electron chi connectivity index (χ0n) is 10.9. The molecule has 2 N–H and O–H groups in total. The lowest BCUT2D eigenvalue weighted by molar-refractivity contribution is 0.0986. The molecule has 0 saturated heterocycles. The van der Waals surface area contributed by atoms with Crippen molar-refractivity contribution in [3.05, 3.63) is 28.3 Å². The highest BCUT2D eigenvalue weighted by molar-refractivity contribution is 6.30. The van der Waals surface area contributed by atoms with E-state index >= 15 is 0 Å². The van der Waals surface area contributed by atoms with Gasteiger partial charge in [0.15, 0.2) is 0 Å². The van der Waals surface area contributed by atoms with Crippen LogP contribution in [0.1, 0.15) is 36.8 Å². The zero-order valence-corrected chi connectivity index (χ0v) is 11.7. The van der Waals surface area contributed by atoms with E-state index in [0.717, 1.165) is 36.1 Å². The molecule has 3 rings (SSSR count). The summed E-state index contributed by atoms with van der Waals surface area (Å²) in [7, 11) is 0. The van der Waals surface area contributed by atoms with E-state index in [9.17, 15) is 4.39 Å². The number of fused-ring (bicyclic) bond motifs is 1. The average Bonchev–Trinajstić information content (AvgIpc) is 2.81. The molecule has 0 unspecified atom stereocenters. The van der Waals surface area contributed by atoms with E-state index in [1.807, 2.05) is 12.1 Å². The summed E-state index contributed by atoms with van der Waals surface area (Å²) in [6, 6.07) is 3.93. The summed E-state index contributed by atoms with van der Waals surface area (Å²) in [4.78, 5) is 0. The fraction of sp³-hybridized carbons (Fsp3) is 0.600. The monoisotopic (exact) mass is 283 g/mol. The molecule has 1 aromatic rings. The van der Waals surface area contributed by atoms with Gasteiger partial charge in [0.2, 0.25) is 0 Å². The number of ether oxygens (including phenoxy) is 1. The van der Waals surface area contributed by atoms with Gasteiger partial charge in [-0.2, -0.15) is 0 Å². The Balaban J connectivity index is 1.83. The highest BCUT2D eigenvalue weighted by Gasteiger charge is 2.36. The summed E-state index contributed by atoms with van der Waals surface area (Å²) >= 11 is 6.12. The van der Waals surface area contributed by atoms with E-state index in [0.29, 0.717) is 30.9 Å². The summed E-state index contributed by atoms with van der Waals surface area (Å²) in [6.07, 6.45) is 3.86. The van der Waals surface area contributed by atoms with Gasteiger partial charge in [0.25, 0.3) is 0 Å². The van der Waals surface area contributed by atoms with Crippen molar-refractivity contribution in [2.75, 3.05) is 6.61 Å². The molecular formula is C15H19ClFNO. The van der Waals surface area contributed by atoms with Gasteiger partial charge in [-0.15, -0.1) is 0 Å². The van der Waals surface area contributed by atoms with Crippen LogP contribution in [0.5, 0.6) is 5.75 Å². The molecule has 1 saturated carbocycles. The number of nitrogens with two attached hydrogens (primary N) is 1. The van der Waals surface area contributed by atoms with E-state index in [1.54, 1.807) is 0 Å². The number of halogens is 2. The van der Waals surface area contributed by atoms with Gasteiger partial charge in [-0.3, -0.25) is 0 Å². The first-order valence-electron chi connectivity index (χ1n) is 6.94. The maximum atomic E-state index is 14.9. The van der Waals surface area contributed by atoms with Gasteiger partial charge < -0.3 is 10.5 Å². The van der Waals surface area contributed by atoms with Crippen molar-refractivity contribution in [2.24, 2.45) is 5.73 Å². The van der Waals surface area contributed by atoms with Gasteiger partial charge in [0.1, 0.15) is 11.4 Å². The van der Waals surface area contributed by atoms with Crippen LogP contribution in [0.2, 0.25) is 5.02 Å². The molecule has 2 nitrogen and oxygen atoms in total. The van der Waals surface area contributed by atoms with Crippen molar-refractivity contribution in [2.45, 2.75) is 50.2 Å². The van der Waals surface area contributed by atoms with Crippen LogP contribution in [0.4, 0.5) is 4.39 Å². The number of benzene rings is 1. The summed E-state index contributed by atoms with van der Waals surface area (Å²) in [5.74, 6) is 0.858. The van der Waals surface area contributed by atoms with E-state index in [2.05, 4.69) is 0 Å². The molecule has 0 radical (unpaired) electrons. The number of rotatable bonds is 2. The Morgan fingerprint density at radius 1 is 1.37 bits per heavy atom. The molecule has 4 heteroatoms. The zero-order chi connectivity index (χ0) is 13.5. The van der Waals surface area contributed by atoms with Gasteiger partial charge in [-0.25, -0.2) is 4.39 Å². The first kappa shape index (κ1) is 13.2. The minimum atomic E-state index is -1.15. The van der Waals surface area contributed by atoms with Crippen LogP contribution < -0.4 is 10.5 Å². The summed E-state index contributed by atoms with van der Waals surface area (Å²) in [5.41, 5.74) is 6.72. The Bertz CT molecular complexity index is 483. The van der Waals surface area contributed by atoms with Crippen LogP contribution in [0.15, 0.2) is 12.1 Å². The van der Waals surface area contributed by atoms with Gasteiger partial charge in [-0.05, 0) is 48.9 Å². The summed E-state index contributed by atoms with van der Waals surface area (Å²) in [6.45, 7) is 0.673. The topological polar surface area (TPSA) is 35.2 Å². The molecule has 0 spiro atoms. The lowest BCUT2D eigenvalue weighted by Crippen LogP contribution is -2.37. The highest BCUT2D eigenvalue weighted by Crippen LogP contribution is 2.40. The SMILES string of the molecule is NC1CCC(F)(Cc2cc(Cl)cc3c2OCC3)CC1. The van der Waals surface area contributed by atoms with Crippen LogP contribution in [0, 0.1) is 0 Å². The van der Waals surface area contributed by atoms with Crippen LogP contribution in [0.25, 0.3) is 0 Å². The quantitative estimate of drug-likeness (QED) is 0.902. The molecule has 0 amide bonds. The van der Waals surface area contributed by atoms with Gasteiger partial charge >= 0.3 is 0 Å². The van der Waals surface area contributed by atoms with Crippen molar-refractivity contribution < 1.29 is 9.13 Å². The second kappa shape index (κ2) is 4.95. The lowest BCUT2D eigenvalue weighted by Gasteiger charge is -2.33. The molecule has 1 aliphatic heterocycles. The van der Waals surface area contributed by atoms with Gasteiger partial charge in [-0.1, -0.05) is 11.6 Å². The van der Waals surface area contributed by atoms with Gasteiger partial charge in [0.05, 0.1) is 6.61 Å². The average molecular weight is 284 g/mol. The van der Waals surface area contributed by atoms with Crippen molar-refractivity contribution in [1.82, 2.24) is 0 Å². The molecule has 1 fully saturated rings. The fourth-order valence-electron chi connectivity index (χ4n) is 3.15. The third-order valence-corrected chi connectivity index (χ3v) is 4.48. The molecule has 1 aliphatic carbocycles. The largest absolute Gasteiger partial charge is 0.493 e. The van der Waals surface area contributed by atoms with E-state index < -0.39 is 5.67 Å². The molecule has 2 aliphatic rings. The Morgan fingerprint density at radius 2 is 2.11 bits per heavy atom. The normalized spacial score (nSPS) is 29.9. The Hall–Kier alpha value is -0.800. The maximum Gasteiger partial charge on any atom is 0.126 e. The first-order valence-corrected chi connectivity index (χ1v) is 7.32. The first-order chi connectivity index (χ1) is 9.06. The molecule has 1 aromatic carbocycles. The minimum absolute atomic E-state index is 0.158. The summed E-state index contributed by atoms with van der Waals surface area (Å²) < 4.78 is 20.5. The van der Waals surface area contributed by atoms with Crippen molar-refractivity contribution in [1.29, 1.82) is 0 Å². The second-order valence-corrected chi connectivity index (χ2v) is 6.25. The molecular weight excluding hydrogens is 265 g/mol. The molecule has 19 heavy (non-hydrogen) atoms. The molecule has 0 atom stereocenters. The Morgan fingerprint density at radius 3 is 2.84 bits per heavy atom.